The van der Waals surface area contributed by atoms with E-state index in [1.165, 1.54) is 11.0 Å². The summed E-state index contributed by atoms with van der Waals surface area (Å²) < 4.78 is 0. The molecule has 6 nitrogen and oxygen atoms in total. The number of para-hydroxylation sites is 1. The summed E-state index contributed by atoms with van der Waals surface area (Å²) in [4.78, 5) is 24.1. The van der Waals surface area contributed by atoms with Crippen molar-refractivity contribution < 1.29 is 9.72 Å². The number of nitro benzene ring substituents is 1. The van der Waals surface area contributed by atoms with E-state index < -0.39 is 4.92 Å². The van der Waals surface area contributed by atoms with E-state index in [1.54, 1.807) is 25.2 Å². The van der Waals surface area contributed by atoms with E-state index in [0.717, 1.165) is 19.3 Å². The number of amides is 1. The minimum Gasteiger partial charge on any atom is -0.341 e. The molecular formula is C14H19N3O3. The van der Waals surface area contributed by atoms with Crippen molar-refractivity contribution in [2.24, 2.45) is 5.73 Å². The number of rotatable bonds is 5. The fourth-order valence-electron chi connectivity index (χ4n) is 2.41. The Morgan fingerprint density at radius 2 is 2.10 bits per heavy atom. The van der Waals surface area contributed by atoms with E-state index in [0.29, 0.717) is 12.0 Å². The maximum atomic E-state index is 12.1. The SMILES string of the molecule is CN(Cc1ccccc1[N+](=O)[O-])C(=O)CC1(N)CCC1. The van der Waals surface area contributed by atoms with Crippen LogP contribution in [0.4, 0.5) is 5.69 Å². The third-order valence-electron chi connectivity index (χ3n) is 3.87. The summed E-state index contributed by atoms with van der Waals surface area (Å²) in [5.41, 5.74) is 6.27. The average molecular weight is 277 g/mol. The molecule has 0 heterocycles. The van der Waals surface area contributed by atoms with Gasteiger partial charge in [0.15, 0.2) is 0 Å². The molecule has 0 saturated heterocycles. The second-order valence-electron chi connectivity index (χ2n) is 5.53. The van der Waals surface area contributed by atoms with Crippen molar-refractivity contribution >= 4 is 11.6 Å². The average Bonchev–Trinajstić information content (AvgIpc) is 2.37. The van der Waals surface area contributed by atoms with Crippen molar-refractivity contribution in [3.63, 3.8) is 0 Å². The molecule has 1 aliphatic rings. The van der Waals surface area contributed by atoms with Crippen LogP contribution in [0, 0.1) is 10.1 Å². The van der Waals surface area contributed by atoms with Crippen molar-refractivity contribution in [3.05, 3.63) is 39.9 Å². The summed E-state index contributed by atoms with van der Waals surface area (Å²) in [6, 6.07) is 6.47. The summed E-state index contributed by atoms with van der Waals surface area (Å²) in [7, 11) is 1.65. The Labute approximate surface area is 117 Å². The summed E-state index contributed by atoms with van der Waals surface area (Å²) in [5, 5.41) is 10.9. The largest absolute Gasteiger partial charge is 0.341 e. The maximum Gasteiger partial charge on any atom is 0.274 e. The molecule has 108 valence electrons. The van der Waals surface area contributed by atoms with E-state index in [-0.39, 0.29) is 23.7 Å². The van der Waals surface area contributed by atoms with Crippen LogP contribution in [0.1, 0.15) is 31.2 Å². The molecule has 1 aromatic rings. The maximum absolute atomic E-state index is 12.1. The quantitative estimate of drug-likeness (QED) is 0.656. The molecule has 1 aromatic carbocycles. The Morgan fingerprint density at radius 3 is 2.65 bits per heavy atom. The first-order valence-electron chi connectivity index (χ1n) is 6.66. The zero-order valence-corrected chi connectivity index (χ0v) is 11.5. The van der Waals surface area contributed by atoms with Crippen LogP contribution >= 0.6 is 0 Å². The molecule has 2 rings (SSSR count). The lowest BCUT2D eigenvalue weighted by molar-refractivity contribution is -0.385. The van der Waals surface area contributed by atoms with Crippen LogP contribution in [-0.4, -0.2) is 28.3 Å². The van der Waals surface area contributed by atoms with Crippen LogP contribution in [0.3, 0.4) is 0 Å². The van der Waals surface area contributed by atoms with E-state index in [9.17, 15) is 14.9 Å². The number of carbonyl (C=O) groups excluding carboxylic acids is 1. The summed E-state index contributed by atoms with van der Waals surface area (Å²) >= 11 is 0. The Morgan fingerprint density at radius 1 is 1.45 bits per heavy atom. The Hall–Kier alpha value is -1.95. The third kappa shape index (κ3) is 3.14. The number of hydrogen-bond acceptors (Lipinski definition) is 4. The molecule has 0 radical (unpaired) electrons. The van der Waals surface area contributed by atoms with Crippen molar-refractivity contribution in [2.45, 2.75) is 37.8 Å². The second kappa shape index (κ2) is 5.58. The van der Waals surface area contributed by atoms with Gasteiger partial charge >= 0.3 is 0 Å². The number of nitrogens with two attached hydrogens (primary N) is 1. The van der Waals surface area contributed by atoms with Crippen molar-refractivity contribution in [2.75, 3.05) is 7.05 Å². The minimum absolute atomic E-state index is 0.0401. The predicted molar refractivity (Wildman–Crippen MR) is 75.0 cm³/mol. The minimum atomic E-state index is -0.427. The van der Waals surface area contributed by atoms with Gasteiger partial charge in [-0.25, -0.2) is 0 Å². The van der Waals surface area contributed by atoms with Crippen LogP contribution in [0.15, 0.2) is 24.3 Å². The van der Waals surface area contributed by atoms with Crippen LogP contribution in [0.5, 0.6) is 0 Å². The fourth-order valence-corrected chi connectivity index (χ4v) is 2.41. The molecule has 2 N–H and O–H groups in total. The highest BCUT2D eigenvalue weighted by atomic mass is 16.6. The van der Waals surface area contributed by atoms with Gasteiger partial charge in [-0.15, -0.1) is 0 Å². The Balaban J connectivity index is 2.02. The zero-order chi connectivity index (χ0) is 14.8. The molecule has 1 fully saturated rings. The first-order valence-corrected chi connectivity index (χ1v) is 6.66. The lowest BCUT2D eigenvalue weighted by Gasteiger charge is -2.38. The van der Waals surface area contributed by atoms with Gasteiger partial charge in [0.2, 0.25) is 5.91 Å². The molecule has 1 aliphatic carbocycles. The van der Waals surface area contributed by atoms with E-state index in [4.69, 9.17) is 5.73 Å². The lowest BCUT2D eigenvalue weighted by atomic mass is 9.75. The topological polar surface area (TPSA) is 89.5 Å². The van der Waals surface area contributed by atoms with Gasteiger partial charge in [0.25, 0.3) is 5.69 Å². The molecule has 6 heteroatoms. The van der Waals surface area contributed by atoms with Crippen LogP contribution in [0.2, 0.25) is 0 Å². The van der Waals surface area contributed by atoms with Gasteiger partial charge in [-0.3, -0.25) is 14.9 Å². The van der Waals surface area contributed by atoms with Gasteiger partial charge in [-0.1, -0.05) is 18.2 Å². The molecule has 0 unspecified atom stereocenters. The van der Waals surface area contributed by atoms with Gasteiger partial charge in [0, 0.05) is 30.6 Å². The number of carbonyl (C=O) groups is 1. The van der Waals surface area contributed by atoms with Gasteiger partial charge in [-0.05, 0) is 19.3 Å². The van der Waals surface area contributed by atoms with Crippen molar-refractivity contribution in [1.82, 2.24) is 4.90 Å². The highest BCUT2D eigenvalue weighted by Crippen LogP contribution is 2.32. The summed E-state index contributed by atoms with van der Waals surface area (Å²) in [6.07, 6.45) is 3.12. The molecular weight excluding hydrogens is 258 g/mol. The van der Waals surface area contributed by atoms with Gasteiger partial charge in [-0.2, -0.15) is 0 Å². The second-order valence-corrected chi connectivity index (χ2v) is 5.53. The van der Waals surface area contributed by atoms with Crippen LogP contribution in [-0.2, 0) is 11.3 Å². The molecule has 0 spiro atoms. The van der Waals surface area contributed by atoms with E-state index >= 15 is 0 Å². The molecule has 1 amide bonds. The number of nitro groups is 1. The predicted octanol–water partition coefficient (Wildman–Crippen LogP) is 1.82. The Bertz CT molecular complexity index is 526. The first kappa shape index (κ1) is 14.5. The molecule has 0 aromatic heterocycles. The van der Waals surface area contributed by atoms with E-state index in [1.807, 2.05) is 0 Å². The fraction of sp³-hybridized carbons (Fsp3) is 0.500. The third-order valence-corrected chi connectivity index (χ3v) is 3.87. The lowest BCUT2D eigenvalue weighted by Crippen LogP contribution is -2.50. The normalized spacial score (nSPS) is 16.3. The van der Waals surface area contributed by atoms with Crippen molar-refractivity contribution in [3.8, 4) is 0 Å². The smallest absolute Gasteiger partial charge is 0.274 e. The molecule has 0 aliphatic heterocycles. The van der Waals surface area contributed by atoms with Crippen LogP contribution in [0.25, 0.3) is 0 Å². The Kier molecular flexibility index (Phi) is 4.04. The highest BCUT2D eigenvalue weighted by molar-refractivity contribution is 5.77. The number of benzene rings is 1. The van der Waals surface area contributed by atoms with Crippen LogP contribution < -0.4 is 5.73 Å². The molecule has 0 bridgehead atoms. The summed E-state index contributed by atoms with van der Waals surface area (Å²) in [5.74, 6) is -0.0645. The molecule has 20 heavy (non-hydrogen) atoms. The standard InChI is InChI=1S/C14H19N3O3/c1-16(13(18)9-14(15)7-4-8-14)10-11-5-2-3-6-12(11)17(19)20/h2-3,5-6H,4,7-10,15H2,1H3. The zero-order valence-electron chi connectivity index (χ0n) is 11.5. The van der Waals surface area contributed by atoms with Gasteiger partial charge in [0.1, 0.15) is 0 Å². The molecule has 1 saturated carbocycles. The summed E-state index contributed by atoms with van der Waals surface area (Å²) in [6.45, 7) is 0.228. The van der Waals surface area contributed by atoms with E-state index in [2.05, 4.69) is 0 Å². The van der Waals surface area contributed by atoms with Gasteiger partial charge in [0.05, 0.1) is 11.5 Å². The first-order chi connectivity index (χ1) is 9.41. The highest BCUT2D eigenvalue weighted by Gasteiger charge is 2.35. The monoisotopic (exact) mass is 277 g/mol. The number of nitrogens with zero attached hydrogens (tertiary/aromatic N) is 2. The number of hydrogen-bond donors (Lipinski definition) is 1. The van der Waals surface area contributed by atoms with Crippen molar-refractivity contribution in [1.29, 1.82) is 0 Å². The molecule has 0 atom stereocenters. The van der Waals surface area contributed by atoms with Gasteiger partial charge < -0.3 is 10.6 Å².